The molecule has 7 nitrogen and oxygen atoms in total. The third kappa shape index (κ3) is 3.65. The van der Waals surface area contributed by atoms with Crippen molar-refractivity contribution in [2.24, 2.45) is 7.05 Å². The number of aryl methyl sites for hydroxylation is 2. The second-order valence-electron chi connectivity index (χ2n) is 7.43. The van der Waals surface area contributed by atoms with E-state index in [2.05, 4.69) is 5.10 Å². The minimum absolute atomic E-state index is 0.0218. The number of sulfonamides is 1. The van der Waals surface area contributed by atoms with Gasteiger partial charge in [0.25, 0.3) is 0 Å². The first-order chi connectivity index (χ1) is 13.9. The maximum atomic E-state index is 12.9. The Morgan fingerprint density at radius 2 is 1.59 bits per heavy atom. The fourth-order valence-electron chi connectivity index (χ4n) is 3.78. The zero-order chi connectivity index (χ0) is 20.6. The van der Waals surface area contributed by atoms with E-state index in [-0.39, 0.29) is 11.6 Å². The summed E-state index contributed by atoms with van der Waals surface area (Å²) in [6.07, 6.45) is 1.24. The first-order valence-corrected chi connectivity index (χ1v) is 11.1. The molecule has 0 N–H and O–H groups in total. The molecule has 0 amide bonds. The Kier molecular flexibility index (Phi) is 5.14. The summed E-state index contributed by atoms with van der Waals surface area (Å²) in [6.45, 7) is 2.74. The fraction of sp³-hybridized carbons (Fsp3) is 0.333. The highest BCUT2D eigenvalue weighted by molar-refractivity contribution is 7.89. The molecule has 4 rings (SSSR count). The SMILES string of the molecule is Cc1ccc(S(=O)(=O)N2CCC(c3nn(C)c(=O)n3-c3ccccc3)CC2)cc1. The lowest BCUT2D eigenvalue weighted by atomic mass is 9.97. The molecule has 152 valence electrons. The number of rotatable bonds is 4. The van der Waals surface area contributed by atoms with Crippen molar-refractivity contribution >= 4 is 10.0 Å². The van der Waals surface area contributed by atoms with Crippen molar-refractivity contribution in [1.29, 1.82) is 0 Å². The highest BCUT2D eigenvalue weighted by atomic mass is 32.2. The molecule has 1 aromatic heterocycles. The van der Waals surface area contributed by atoms with Crippen LogP contribution < -0.4 is 5.69 Å². The molecule has 0 atom stereocenters. The number of aromatic nitrogens is 3. The van der Waals surface area contributed by atoms with Gasteiger partial charge in [-0.2, -0.15) is 9.40 Å². The Balaban J connectivity index is 1.57. The van der Waals surface area contributed by atoms with Crippen LogP contribution in [-0.2, 0) is 17.1 Å². The van der Waals surface area contributed by atoms with Crippen LogP contribution in [0.15, 0.2) is 64.3 Å². The molecule has 2 heterocycles. The molecule has 3 aromatic rings. The number of para-hydroxylation sites is 1. The highest BCUT2D eigenvalue weighted by Gasteiger charge is 2.32. The molecular formula is C21H24N4O3S. The Bertz CT molecular complexity index is 1160. The monoisotopic (exact) mass is 412 g/mol. The molecule has 1 aliphatic rings. The molecule has 1 fully saturated rings. The van der Waals surface area contributed by atoms with E-state index in [1.807, 2.05) is 49.4 Å². The summed E-state index contributed by atoms with van der Waals surface area (Å²) in [5.41, 5.74) is 1.60. The molecule has 1 saturated heterocycles. The molecule has 0 radical (unpaired) electrons. The van der Waals surface area contributed by atoms with Crippen LogP contribution in [-0.4, -0.2) is 40.2 Å². The van der Waals surface area contributed by atoms with Crippen molar-refractivity contribution in [3.63, 3.8) is 0 Å². The maximum absolute atomic E-state index is 12.9. The van der Waals surface area contributed by atoms with Crippen LogP contribution in [0.1, 0.15) is 30.1 Å². The summed E-state index contributed by atoms with van der Waals surface area (Å²) < 4.78 is 30.4. The van der Waals surface area contributed by atoms with Crippen LogP contribution in [0, 0.1) is 6.92 Å². The topological polar surface area (TPSA) is 77.2 Å². The van der Waals surface area contributed by atoms with Crippen LogP contribution in [0.2, 0.25) is 0 Å². The van der Waals surface area contributed by atoms with E-state index in [0.717, 1.165) is 11.3 Å². The maximum Gasteiger partial charge on any atom is 0.350 e. The number of hydrogen-bond acceptors (Lipinski definition) is 4. The second kappa shape index (κ2) is 7.61. The first-order valence-electron chi connectivity index (χ1n) is 9.66. The number of nitrogens with zero attached hydrogens (tertiary/aromatic N) is 4. The molecule has 0 spiro atoms. The van der Waals surface area contributed by atoms with Gasteiger partial charge in [0.2, 0.25) is 10.0 Å². The average Bonchev–Trinajstić information content (AvgIpc) is 3.03. The van der Waals surface area contributed by atoms with Gasteiger partial charge in [-0.05, 0) is 44.0 Å². The number of piperidine rings is 1. The van der Waals surface area contributed by atoms with Gasteiger partial charge in [0, 0.05) is 26.1 Å². The highest BCUT2D eigenvalue weighted by Crippen LogP contribution is 2.30. The molecule has 1 aliphatic heterocycles. The fourth-order valence-corrected chi connectivity index (χ4v) is 5.25. The van der Waals surface area contributed by atoms with E-state index in [1.54, 1.807) is 23.7 Å². The van der Waals surface area contributed by atoms with Crippen LogP contribution in [0.4, 0.5) is 0 Å². The van der Waals surface area contributed by atoms with E-state index in [9.17, 15) is 13.2 Å². The Morgan fingerprint density at radius 1 is 0.966 bits per heavy atom. The molecule has 8 heteroatoms. The summed E-state index contributed by atoms with van der Waals surface area (Å²) in [7, 11) is -1.87. The Morgan fingerprint density at radius 3 is 2.21 bits per heavy atom. The van der Waals surface area contributed by atoms with Crippen LogP contribution in [0.3, 0.4) is 0 Å². The summed E-state index contributed by atoms with van der Waals surface area (Å²) in [4.78, 5) is 12.9. The quantitative estimate of drug-likeness (QED) is 0.660. The van der Waals surface area contributed by atoms with E-state index >= 15 is 0 Å². The van der Waals surface area contributed by atoms with Crippen molar-refractivity contribution in [1.82, 2.24) is 18.7 Å². The zero-order valence-corrected chi connectivity index (χ0v) is 17.3. The van der Waals surface area contributed by atoms with Gasteiger partial charge >= 0.3 is 5.69 Å². The lowest BCUT2D eigenvalue weighted by Gasteiger charge is -2.30. The van der Waals surface area contributed by atoms with Crippen molar-refractivity contribution in [2.45, 2.75) is 30.6 Å². The standard InChI is InChI=1S/C21H24N4O3S/c1-16-8-10-19(11-9-16)29(27,28)24-14-12-17(13-15-24)20-22-23(2)21(26)25(20)18-6-4-3-5-7-18/h3-11,17H,12-15H2,1-2H3. The van der Waals surface area contributed by atoms with Crippen molar-refractivity contribution < 1.29 is 8.42 Å². The Hall–Kier alpha value is -2.71. The molecule has 29 heavy (non-hydrogen) atoms. The zero-order valence-electron chi connectivity index (χ0n) is 16.5. The third-order valence-corrected chi connectivity index (χ3v) is 7.35. The van der Waals surface area contributed by atoms with Crippen molar-refractivity contribution in [3.8, 4) is 5.69 Å². The summed E-state index contributed by atoms with van der Waals surface area (Å²) >= 11 is 0. The van der Waals surface area contributed by atoms with Crippen LogP contribution in [0.5, 0.6) is 0 Å². The first kappa shape index (κ1) is 19.6. The van der Waals surface area contributed by atoms with Crippen molar-refractivity contribution in [2.75, 3.05) is 13.1 Å². The van der Waals surface area contributed by atoms with Crippen LogP contribution >= 0.6 is 0 Å². The minimum atomic E-state index is -3.51. The van der Waals surface area contributed by atoms with E-state index in [1.165, 1.54) is 8.99 Å². The van der Waals surface area contributed by atoms with E-state index < -0.39 is 10.0 Å². The lowest BCUT2D eigenvalue weighted by Crippen LogP contribution is -2.38. The molecule has 0 bridgehead atoms. The number of benzene rings is 2. The smallest absolute Gasteiger partial charge is 0.247 e. The summed E-state index contributed by atoms with van der Waals surface area (Å²) in [6, 6.07) is 16.4. The molecule has 0 unspecified atom stereocenters. The van der Waals surface area contributed by atoms with Gasteiger partial charge in [-0.1, -0.05) is 35.9 Å². The summed E-state index contributed by atoms with van der Waals surface area (Å²) in [5.74, 6) is 0.713. The predicted octanol–water partition coefficient (Wildman–Crippen LogP) is 2.45. The van der Waals surface area contributed by atoms with E-state index in [4.69, 9.17) is 0 Å². The lowest BCUT2D eigenvalue weighted by molar-refractivity contribution is 0.311. The number of hydrogen-bond donors (Lipinski definition) is 0. The van der Waals surface area contributed by atoms with Crippen molar-refractivity contribution in [3.05, 3.63) is 76.5 Å². The van der Waals surface area contributed by atoms with Gasteiger partial charge in [0.15, 0.2) is 0 Å². The Labute approximate surface area is 170 Å². The van der Waals surface area contributed by atoms with Gasteiger partial charge in [0.1, 0.15) is 5.82 Å². The van der Waals surface area contributed by atoms with Crippen LogP contribution in [0.25, 0.3) is 5.69 Å². The minimum Gasteiger partial charge on any atom is -0.247 e. The summed E-state index contributed by atoms with van der Waals surface area (Å²) in [5, 5.41) is 4.46. The largest absolute Gasteiger partial charge is 0.350 e. The van der Waals surface area contributed by atoms with Gasteiger partial charge < -0.3 is 0 Å². The normalized spacial score (nSPS) is 16.2. The van der Waals surface area contributed by atoms with E-state index in [0.29, 0.717) is 36.7 Å². The molecule has 0 saturated carbocycles. The predicted molar refractivity (Wildman–Crippen MR) is 111 cm³/mol. The van der Waals surface area contributed by atoms with Gasteiger partial charge in [-0.3, -0.25) is 0 Å². The second-order valence-corrected chi connectivity index (χ2v) is 9.36. The van der Waals surface area contributed by atoms with Gasteiger partial charge in [0.05, 0.1) is 10.6 Å². The molecule has 2 aromatic carbocycles. The van der Waals surface area contributed by atoms with Gasteiger partial charge in [-0.25, -0.2) is 22.5 Å². The average molecular weight is 413 g/mol. The van der Waals surface area contributed by atoms with Gasteiger partial charge in [-0.15, -0.1) is 0 Å². The molecular weight excluding hydrogens is 388 g/mol. The third-order valence-electron chi connectivity index (χ3n) is 5.44. The molecule has 0 aliphatic carbocycles.